The molecule has 9 heavy (non-hydrogen) atoms. The first-order chi connectivity index (χ1) is 3.81. The van der Waals surface area contributed by atoms with Gasteiger partial charge in [-0.3, -0.25) is 0 Å². The summed E-state index contributed by atoms with van der Waals surface area (Å²) in [5.74, 6) is 0. The lowest BCUT2D eigenvalue weighted by atomic mass is 9.73. The molecule has 56 valence electrons. The Hall–Kier alpha value is -0.0400. The fraction of sp³-hybridized carbons (Fsp3) is 1.00. The van der Waals surface area contributed by atoms with Gasteiger partial charge in [-0.15, -0.1) is 0 Å². The van der Waals surface area contributed by atoms with Crippen LogP contribution in [-0.2, 0) is 0 Å². The fourth-order valence-corrected chi connectivity index (χ4v) is 0.456. The lowest BCUT2D eigenvalue weighted by molar-refractivity contribution is 0.194. The van der Waals surface area contributed by atoms with Crippen LogP contribution < -0.4 is 5.73 Å². The zero-order chi connectivity index (χ0) is 7.71. The highest BCUT2D eigenvalue weighted by Gasteiger charge is 2.30. The molecule has 0 aromatic rings. The molecule has 0 aliphatic rings. The van der Waals surface area contributed by atoms with Gasteiger partial charge in [-0.1, -0.05) is 20.8 Å². The summed E-state index contributed by atoms with van der Waals surface area (Å²) in [7, 11) is 0. The summed E-state index contributed by atoms with van der Waals surface area (Å²) >= 11 is 0. The molecule has 0 amide bonds. The normalized spacial score (nSPS) is 14.0. The van der Waals surface area contributed by atoms with E-state index in [-0.39, 0.29) is 11.0 Å². The summed E-state index contributed by atoms with van der Waals surface area (Å²) in [5, 5.41) is 0. The van der Waals surface area contributed by atoms with Crippen LogP contribution in [0.4, 0.5) is 0 Å². The second-order valence-electron chi connectivity index (χ2n) is 3.96. The molecule has 1 heteroatoms. The van der Waals surface area contributed by atoms with E-state index in [4.69, 9.17) is 5.73 Å². The van der Waals surface area contributed by atoms with Crippen molar-refractivity contribution < 1.29 is 0 Å². The van der Waals surface area contributed by atoms with Crippen LogP contribution in [0, 0.1) is 5.41 Å². The molecule has 0 saturated heterocycles. The molecule has 0 spiro atoms. The maximum Gasteiger partial charge on any atom is 0.0148 e. The van der Waals surface area contributed by atoms with Crippen molar-refractivity contribution in [3.63, 3.8) is 0 Å². The maximum atomic E-state index is 5.92. The largest absolute Gasteiger partial charge is 0.325 e. The van der Waals surface area contributed by atoms with Gasteiger partial charge in [0.05, 0.1) is 0 Å². The second-order valence-corrected chi connectivity index (χ2v) is 3.96. The van der Waals surface area contributed by atoms with Gasteiger partial charge in [-0.05, 0) is 25.7 Å². The Morgan fingerprint density at radius 1 is 1.11 bits per heavy atom. The Morgan fingerprint density at radius 2 is 1.44 bits per heavy atom. The van der Waals surface area contributed by atoms with Gasteiger partial charge >= 0.3 is 0 Å². The average Bonchev–Trinajstić information content (AvgIpc) is 1.64. The van der Waals surface area contributed by atoms with Crippen molar-refractivity contribution in [1.82, 2.24) is 0 Å². The van der Waals surface area contributed by atoms with Crippen molar-refractivity contribution in [2.24, 2.45) is 11.1 Å². The van der Waals surface area contributed by atoms with Gasteiger partial charge in [0.2, 0.25) is 0 Å². The Bertz CT molecular complexity index is 87.2. The minimum absolute atomic E-state index is 0.0538. The summed E-state index contributed by atoms with van der Waals surface area (Å²) in [6.07, 6.45) is 1.14. The monoisotopic (exact) mass is 129 g/mol. The third-order valence-electron chi connectivity index (χ3n) is 2.63. The van der Waals surface area contributed by atoms with E-state index in [0.717, 1.165) is 6.42 Å². The van der Waals surface area contributed by atoms with Crippen LogP contribution in [0.25, 0.3) is 0 Å². The van der Waals surface area contributed by atoms with Crippen LogP contribution in [0.15, 0.2) is 0 Å². The van der Waals surface area contributed by atoms with Crippen LogP contribution in [-0.4, -0.2) is 5.54 Å². The van der Waals surface area contributed by atoms with E-state index in [9.17, 15) is 0 Å². The number of hydrogen-bond acceptors (Lipinski definition) is 1. The van der Waals surface area contributed by atoms with Crippen molar-refractivity contribution in [3.05, 3.63) is 0 Å². The molecule has 0 aliphatic heterocycles. The van der Waals surface area contributed by atoms with Gasteiger partial charge < -0.3 is 5.73 Å². The zero-order valence-electron chi connectivity index (χ0n) is 7.28. The second kappa shape index (κ2) is 2.30. The Balaban J connectivity index is 4.14. The molecule has 2 N–H and O–H groups in total. The summed E-state index contributed by atoms with van der Waals surface area (Å²) in [4.78, 5) is 0. The van der Waals surface area contributed by atoms with Crippen LogP contribution >= 0.6 is 0 Å². The highest BCUT2D eigenvalue weighted by molar-refractivity contribution is 4.88. The molecule has 1 nitrogen and oxygen atoms in total. The predicted molar refractivity (Wildman–Crippen MR) is 42.3 cm³/mol. The van der Waals surface area contributed by atoms with Crippen LogP contribution in [0.2, 0.25) is 0 Å². The van der Waals surface area contributed by atoms with E-state index in [1.54, 1.807) is 0 Å². The van der Waals surface area contributed by atoms with Gasteiger partial charge in [-0.2, -0.15) is 0 Å². The average molecular weight is 129 g/mol. The van der Waals surface area contributed by atoms with Gasteiger partial charge in [-0.25, -0.2) is 0 Å². The molecular weight excluding hydrogens is 110 g/mol. The topological polar surface area (TPSA) is 26.0 Å². The summed E-state index contributed by atoms with van der Waals surface area (Å²) in [5.41, 5.74) is 6.13. The molecular formula is C8H19N. The minimum Gasteiger partial charge on any atom is -0.325 e. The molecule has 0 aromatic heterocycles. The van der Waals surface area contributed by atoms with Gasteiger partial charge in [0.25, 0.3) is 0 Å². The standard InChI is InChI=1S/C8H19N/c1-6-7(2,3)8(4,5)9/h6,9H2,1-5H3. The Morgan fingerprint density at radius 3 is 1.44 bits per heavy atom. The number of rotatable bonds is 2. The Kier molecular flexibility index (Phi) is 2.29. The third-order valence-corrected chi connectivity index (χ3v) is 2.63. The van der Waals surface area contributed by atoms with Crippen LogP contribution in [0.3, 0.4) is 0 Å². The molecule has 0 aliphatic carbocycles. The van der Waals surface area contributed by atoms with Crippen LogP contribution in [0.1, 0.15) is 41.0 Å². The van der Waals surface area contributed by atoms with Crippen LogP contribution in [0.5, 0.6) is 0 Å². The number of nitrogens with two attached hydrogens (primary N) is 1. The molecule has 0 saturated carbocycles. The number of hydrogen-bond donors (Lipinski definition) is 1. The summed E-state index contributed by atoms with van der Waals surface area (Å²) in [6.45, 7) is 10.7. The van der Waals surface area contributed by atoms with Gasteiger partial charge in [0.1, 0.15) is 0 Å². The molecule has 0 bridgehead atoms. The lowest BCUT2D eigenvalue weighted by Gasteiger charge is -2.37. The van der Waals surface area contributed by atoms with Crippen molar-refractivity contribution in [1.29, 1.82) is 0 Å². The van der Waals surface area contributed by atoms with Gasteiger partial charge in [0.15, 0.2) is 0 Å². The molecule has 0 atom stereocenters. The smallest absolute Gasteiger partial charge is 0.0148 e. The van der Waals surface area contributed by atoms with E-state index >= 15 is 0 Å². The van der Waals surface area contributed by atoms with Gasteiger partial charge in [0, 0.05) is 5.54 Å². The van der Waals surface area contributed by atoms with E-state index in [1.165, 1.54) is 0 Å². The van der Waals surface area contributed by atoms with E-state index in [0.29, 0.717) is 0 Å². The lowest BCUT2D eigenvalue weighted by Crippen LogP contribution is -2.46. The molecule has 0 rings (SSSR count). The molecule has 0 fully saturated rings. The Labute approximate surface area is 58.6 Å². The van der Waals surface area contributed by atoms with E-state index < -0.39 is 0 Å². The minimum atomic E-state index is -0.0538. The highest BCUT2D eigenvalue weighted by atomic mass is 14.7. The predicted octanol–water partition coefficient (Wildman–Crippen LogP) is 2.16. The summed E-state index contributed by atoms with van der Waals surface area (Å²) in [6, 6.07) is 0. The first kappa shape index (κ1) is 8.96. The van der Waals surface area contributed by atoms with Crippen molar-refractivity contribution >= 4 is 0 Å². The van der Waals surface area contributed by atoms with Crippen molar-refractivity contribution in [2.45, 2.75) is 46.6 Å². The van der Waals surface area contributed by atoms with Crippen molar-refractivity contribution in [2.75, 3.05) is 0 Å². The van der Waals surface area contributed by atoms with E-state index in [2.05, 4.69) is 34.6 Å². The first-order valence-corrected chi connectivity index (χ1v) is 3.60. The molecule has 0 aromatic carbocycles. The first-order valence-electron chi connectivity index (χ1n) is 3.60. The van der Waals surface area contributed by atoms with E-state index in [1.807, 2.05) is 0 Å². The van der Waals surface area contributed by atoms with Crippen molar-refractivity contribution in [3.8, 4) is 0 Å². The molecule has 0 radical (unpaired) electrons. The molecule has 0 unspecified atom stereocenters. The fourth-order valence-electron chi connectivity index (χ4n) is 0.456. The molecule has 0 heterocycles. The maximum absolute atomic E-state index is 5.92. The summed E-state index contributed by atoms with van der Waals surface area (Å²) < 4.78 is 0. The quantitative estimate of drug-likeness (QED) is 0.607. The highest BCUT2D eigenvalue weighted by Crippen LogP contribution is 2.30. The SMILES string of the molecule is CCC(C)(C)C(C)(C)N. The third kappa shape index (κ3) is 1.98. The zero-order valence-corrected chi connectivity index (χ0v) is 7.28.